The molecule has 29 heavy (non-hydrogen) atoms. The number of methoxy groups -OCH3 is 1. The zero-order valence-electron chi connectivity index (χ0n) is 16.2. The summed E-state index contributed by atoms with van der Waals surface area (Å²) in [6, 6.07) is 12.6. The maximum Gasteiger partial charge on any atom is 0.338 e. The average molecular weight is 396 g/mol. The van der Waals surface area contributed by atoms with Gasteiger partial charge in [-0.05, 0) is 50.2 Å². The second-order valence-corrected chi connectivity index (χ2v) is 6.90. The summed E-state index contributed by atoms with van der Waals surface area (Å²) in [5, 5.41) is 2.77. The van der Waals surface area contributed by atoms with Crippen LogP contribution in [0.1, 0.15) is 34.6 Å². The van der Waals surface area contributed by atoms with Crippen LogP contribution in [0.5, 0.6) is 0 Å². The number of benzene rings is 2. The van der Waals surface area contributed by atoms with Gasteiger partial charge in [0, 0.05) is 0 Å². The molecule has 1 aliphatic heterocycles. The van der Waals surface area contributed by atoms with Crippen molar-refractivity contribution in [3.63, 3.8) is 0 Å². The average Bonchev–Trinajstić information content (AvgIpc) is 2.72. The third-order valence-corrected chi connectivity index (χ3v) is 4.63. The van der Waals surface area contributed by atoms with Gasteiger partial charge in [0.2, 0.25) is 5.91 Å². The molecule has 0 saturated heterocycles. The Hall–Kier alpha value is -3.68. The fraction of sp³-hybridized carbons (Fsp3) is 0.238. The number of hydrogen-bond donors (Lipinski definition) is 1. The van der Waals surface area contributed by atoms with E-state index in [-0.39, 0.29) is 17.0 Å². The third kappa shape index (κ3) is 3.82. The molecule has 150 valence electrons. The Balaban J connectivity index is 1.74. The molecule has 1 heterocycles. The number of amides is 2. The van der Waals surface area contributed by atoms with Crippen molar-refractivity contribution >= 4 is 35.1 Å². The normalized spacial score (nSPS) is 14.4. The summed E-state index contributed by atoms with van der Waals surface area (Å²) >= 11 is 0. The first-order chi connectivity index (χ1) is 13.8. The van der Waals surface area contributed by atoms with Crippen LogP contribution in [-0.2, 0) is 19.1 Å². The molecule has 8 nitrogen and oxygen atoms in total. The van der Waals surface area contributed by atoms with Crippen molar-refractivity contribution in [2.24, 2.45) is 0 Å². The van der Waals surface area contributed by atoms with Crippen LogP contribution >= 0.6 is 0 Å². The van der Waals surface area contributed by atoms with Crippen LogP contribution in [0.25, 0.3) is 0 Å². The zero-order valence-corrected chi connectivity index (χ0v) is 16.2. The van der Waals surface area contributed by atoms with Gasteiger partial charge in [0.25, 0.3) is 5.91 Å². The van der Waals surface area contributed by atoms with Gasteiger partial charge in [-0.25, -0.2) is 9.59 Å². The number of fused-ring (bicyclic) bond motifs is 1. The minimum absolute atomic E-state index is 0.182. The molecular weight excluding hydrogens is 376 g/mol. The van der Waals surface area contributed by atoms with Crippen molar-refractivity contribution in [2.75, 3.05) is 23.9 Å². The fourth-order valence-electron chi connectivity index (χ4n) is 3.03. The number of carbonyl (C=O) groups is 4. The molecule has 2 aromatic carbocycles. The van der Waals surface area contributed by atoms with E-state index in [2.05, 4.69) is 10.1 Å². The van der Waals surface area contributed by atoms with E-state index in [1.165, 1.54) is 36.3 Å². The summed E-state index contributed by atoms with van der Waals surface area (Å²) in [7, 11) is 1.26. The molecule has 0 unspecified atom stereocenters. The molecule has 0 aliphatic carbocycles. The molecule has 0 saturated carbocycles. The highest BCUT2D eigenvalue weighted by Crippen LogP contribution is 2.36. The number of hydrogen-bond acceptors (Lipinski definition) is 6. The van der Waals surface area contributed by atoms with Gasteiger partial charge in [-0.2, -0.15) is 0 Å². The number of anilines is 2. The molecule has 0 fully saturated rings. The molecule has 1 aliphatic rings. The van der Waals surface area contributed by atoms with E-state index in [4.69, 9.17) is 4.74 Å². The van der Waals surface area contributed by atoms with Gasteiger partial charge < -0.3 is 14.8 Å². The van der Waals surface area contributed by atoms with Crippen LogP contribution < -0.4 is 10.2 Å². The van der Waals surface area contributed by atoms with Gasteiger partial charge in [-0.15, -0.1) is 0 Å². The summed E-state index contributed by atoms with van der Waals surface area (Å²) in [5.74, 6) is -2.11. The van der Waals surface area contributed by atoms with Gasteiger partial charge in [-0.3, -0.25) is 14.5 Å². The first-order valence-corrected chi connectivity index (χ1v) is 8.84. The van der Waals surface area contributed by atoms with Crippen LogP contribution in [0.15, 0.2) is 48.5 Å². The summed E-state index contributed by atoms with van der Waals surface area (Å²) in [5.41, 5.74) is 0.356. The van der Waals surface area contributed by atoms with E-state index in [9.17, 15) is 19.2 Å². The molecule has 0 atom stereocenters. The monoisotopic (exact) mass is 396 g/mol. The van der Waals surface area contributed by atoms with Crippen LogP contribution in [0.3, 0.4) is 0 Å². The van der Waals surface area contributed by atoms with E-state index in [0.717, 1.165) is 0 Å². The molecule has 0 spiro atoms. The fourth-order valence-corrected chi connectivity index (χ4v) is 3.03. The maximum absolute atomic E-state index is 12.8. The first kappa shape index (κ1) is 20.1. The van der Waals surface area contributed by atoms with Gasteiger partial charge in [0.1, 0.15) is 5.54 Å². The molecule has 2 amide bonds. The molecule has 0 bridgehead atoms. The van der Waals surface area contributed by atoms with Crippen LogP contribution in [-0.4, -0.2) is 43.0 Å². The number of rotatable bonds is 4. The highest BCUT2D eigenvalue weighted by Gasteiger charge is 2.43. The van der Waals surface area contributed by atoms with Crippen molar-refractivity contribution < 1.29 is 28.7 Å². The minimum Gasteiger partial charge on any atom is -0.465 e. The first-order valence-electron chi connectivity index (χ1n) is 8.84. The number of para-hydroxylation sites is 2. The van der Waals surface area contributed by atoms with Gasteiger partial charge >= 0.3 is 11.9 Å². The van der Waals surface area contributed by atoms with Gasteiger partial charge in [0.15, 0.2) is 6.61 Å². The van der Waals surface area contributed by atoms with Crippen molar-refractivity contribution in [3.8, 4) is 0 Å². The molecule has 2 aromatic rings. The maximum atomic E-state index is 12.8. The Morgan fingerprint density at radius 1 is 0.966 bits per heavy atom. The second kappa shape index (κ2) is 7.75. The number of ether oxygens (including phenoxy) is 2. The lowest BCUT2D eigenvalue weighted by Crippen LogP contribution is -2.59. The number of carbonyl (C=O) groups excluding carboxylic acids is 4. The second-order valence-electron chi connectivity index (χ2n) is 6.90. The van der Waals surface area contributed by atoms with E-state index >= 15 is 0 Å². The van der Waals surface area contributed by atoms with Gasteiger partial charge in [0.05, 0.1) is 29.6 Å². The van der Waals surface area contributed by atoms with Crippen LogP contribution in [0.2, 0.25) is 0 Å². The molecule has 1 N–H and O–H groups in total. The Bertz CT molecular complexity index is 981. The van der Waals surface area contributed by atoms with Crippen molar-refractivity contribution in [1.82, 2.24) is 0 Å². The molecule has 0 radical (unpaired) electrons. The third-order valence-electron chi connectivity index (χ3n) is 4.63. The van der Waals surface area contributed by atoms with Crippen molar-refractivity contribution in [3.05, 3.63) is 59.7 Å². The van der Waals surface area contributed by atoms with E-state index < -0.39 is 30.0 Å². The molecule has 0 aromatic heterocycles. The Morgan fingerprint density at radius 3 is 2.17 bits per heavy atom. The highest BCUT2D eigenvalue weighted by atomic mass is 16.5. The van der Waals surface area contributed by atoms with E-state index in [0.29, 0.717) is 11.4 Å². The number of nitrogens with zero attached hydrogens (tertiary/aromatic N) is 1. The SMILES string of the molecule is COC(=O)c1ccc(C(=O)OCC(=O)N2c3ccccc3NC(=O)C2(C)C)cc1. The Kier molecular flexibility index (Phi) is 5.36. The summed E-state index contributed by atoms with van der Waals surface area (Å²) in [4.78, 5) is 50.3. The highest BCUT2D eigenvalue weighted by molar-refractivity contribution is 6.14. The van der Waals surface area contributed by atoms with Crippen LogP contribution in [0, 0.1) is 0 Å². The number of esters is 2. The largest absolute Gasteiger partial charge is 0.465 e. The standard InChI is InChI=1S/C21H20N2O6/c1-21(2)20(27)22-15-6-4-5-7-16(15)23(21)17(24)12-29-19(26)14-10-8-13(9-11-14)18(25)28-3/h4-11H,12H2,1-3H3,(H,22,27). The zero-order chi connectivity index (χ0) is 21.2. The summed E-state index contributed by atoms with van der Waals surface area (Å²) < 4.78 is 9.74. The van der Waals surface area contributed by atoms with Crippen LogP contribution in [0.4, 0.5) is 11.4 Å². The lowest BCUT2D eigenvalue weighted by Gasteiger charge is -2.41. The quantitative estimate of drug-likeness (QED) is 0.797. The predicted molar refractivity (Wildman–Crippen MR) is 105 cm³/mol. The molecular formula is C21H20N2O6. The molecule has 3 rings (SSSR count). The lowest BCUT2D eigenvalue weighted by atomic mass is 9.96. The lowest BCUT2D eigenvalue weighted by molar-refractivity contribution is -0.128. The predicted octanol–water partition coefficient (Wildman–Crippen LogP) is 2.39. The Morgan fingerprint density at radius 2 is 1.55 bits per heavy atom. The molecule has 8 heteroatoms. The smallest absolute Gasteiger partial charge is 0.338 e. The van der Waals surface area contributed by atoms with E-state index in [1.54, 1.807) is 38.1 Å². The van der Waals surface area contributed by atoms with E-state index in [1.807, 2.05) is 0 Å². The van der Waals surface area contributed by atoms with Crippen molar-refractivity contribution in [1.29, 1.82) is 0 Å². The summed E-state index contributed by atoms with van der Waals surface area (Å²) in [6.07, 6.45) is 0. The van der Waals surface area contributed by atoms with Gasteiger partial charge in [-0.1, -0.05) is 12.1 Å². The summed E-state index contributed by atoms with van der Waals surface area (Å²) in [6.45, 7) is 2.69. The Labute approximate surface area is 167 Å². The number of nitrogens with one attached hydrogen (secondary N) is 1. The minimum atomic E-state index is -1.15. The van der Waals surface area contributed by atoms with Crippen molar-refractivity contribution in [2.45, 2.75) is 19.4 Å². The topological polar surface area (TPSA) is 102 Å².